The number of fused-ring (bicyclic) bond motifs is 1. The summed E-state index contributed by atoms with van der Waals surface area (Å²) >= 11 is 3.02. The molecular weight excluding hydrogens is 302 g/mol. The number of hydrogen-bond donors (Lipinski definition) is 0. The van der Waals surface area contributed by atoms with Crippen LogP contribution < -0.4 is 0 Å². The number of benzene rings is 1. The van der Waals surface area contributed by atoms with Crippen LogP contribution in [0.4, 0.5) is 8.78 Å². The molecule has 0 radical (unpaired) electrons. The van der Waals surface area contributed by atoms with E-state index in [1.54, 1.807) is 0 Å². The number of rotatable bonds is 3. The van der Waals surface area contributed by atoms with Gasteiger partial charge in [-0.3, -0.25) is 4.79 Å². The van der Waals surface area contributed by atoms with Gasteiger partial charge in [0, 0.05) is 17.9 Å². The Labute approximate surface area is 113 Å². The molecule has 0 aliphatic heterocycles. The first-order chi connectivity index (χ1) is 8.59. The summed E-state index contributed by atoms with van der Waals surface area (Å²) in [5.41, 5.74) is -0.0978. The normalized spacial score (nSPS) is 29.2. The third-order valence-corrected chi connectivity index (χ3v) is 4.88. The lowest BCUT2D eigenvalue weighted by molar-refractivity contribution is -0.120. The van der Waals surface area contributed by atoms with E-state index in [1.807, 2.05) is 0 Å². The number of halogens is 3. The Bertz CT molecular complexity index is 505. The first kappa shape index (κ1) is 12.3. The van der Waals surface area contributed by atoms with Gasteiger partial charge in [0.1, 0.15) is 17.4 Å². The Balaban J connectivity index is 1.77. The van der Waals surface area contributed by atoms with Crippen LogP contribution in [0.1, 0.15) is 24.8 Å². The topological polar surface area (TPSA) is 17.1 Å². The van der Waals surface area contributed by atoms with Gasteiger partial charge in [-0.15, -0.1) is 0 Å². The summed E-state index contributed by atoms with van der Waals surface area (Å²) in [6.45, 7) is 0. The predicted octanol–water partition coefficient (Wildman–Crippen LogP) is 3.89. The van der Waals surface area contributed by atoms with E-state index in [9.17, 15) is 13.6 Å². The highest BCUT2D eigenvalue weighted by Crippen LogP contribution is 2.58. The molecule has 0 N–H and O–H groups in total. The van der Waals surface area contributed by atoms with Gasteiger partial charge in [0.15, 0.2) is 0 Å². The Morgan fingerprint density at radius 1 is 1.28 bits per heavy atom. The molecule has 0 aromatic heterocycles. The number of carbonyl (C=O) groups excluding carboxylic acids is 1. The van der Waals surface area contributed by atoms with Gasteiger partial charge in [-0.2, -0.15) is 0 Å². The van der Waals surface area contributed by atoms with Crippen LogP contribution in [0.3, 0.4) is 0 Å². The van der Waals surface area contributed by atoms with Gasteiger partial charge in [0.2, 0.25) is 0 Å². The van der Waals surface area contributed by atoms with Crippen molar-refractivity contribution in [3.05, 3.63) is 33.8 Å². The minimum atomic E-state index is -0.644. The lowest BCUT2D eigenvalue weighted by atomic mass is 10.0. The quantitative estimate of drug-likeness (QED) is 0.774. The van der Waals surface area contributed by atoms with Crippen molar-refractivity contribution < 1.29 is 13.6 Å². The molecule has 3 rings (SSSR count). The molecular formula is C14H13BrF2O. The van der Waals surface area contributed by atoms with Crippen molar-refractivity contribution in [1.29, 1.82) is 0 Å². The second kappa shape index (κ2) is 4.41. The van der Waals surface area contributed by atoms with E-state index in [1.165, 1.54) is 18.6 Å². The van der Waals surface area contributed by atoms with Crippen molar-refractivity contribution in [2.75, 3.05) is 0 Å². The van der Waals surface area contributed by atoms with Gasteiger partial charge in [-0.25, -0.2) is 8.78 Å². The average Bonchev–Trinajstić information content (AvgIpc) is 2.83. The monoisotopic (exact) mass is 314 g/mol. The van der Waals surface area contributed by atoms with Crippen LogP contribution in [-0.4, -0.2) is 5.78 Å². The van der Waals surface area contributed by atoms with Crippen LogP contribution in [0, 0.1) is 29.4 Å². The number of Topliss-reactive ketones (excluding diaryl/α,β-unsaturated/α-hetero) is 1. The highest BCUT2D eigenvalue weighted by atomic mass is 79.9. The fourth-order valence-corrected chi connectivity index (χ4v) is 3.69. The van der Waals surface area contributed by atoms with E-state index >= 15 is 0 Å². The fourth-order valence-electron chi connectivity index (χ4n) is 3.32. The largest absolute Gasteiger partial charge is 0.299 e. The number of ketones is 1. The van der Waals surface area contributed by atoms with Gasteiger partial charge < -0.3 is 0 Å². The second-order valence-electron chi connectivity index (χ2n) is 5.25. The molecule has 2 aliphatic carbocycles. The van der Waals surface area contributed by atoms with Crippen LogP contribution in [0.25, 0.3) is 0 Å². The standard InChI is InChI=1S/C14H13BrF2O/c15-10-4-5-11(16)9(14(10)17)6-12(18)13-7-2-1-3-8(7)13/h4-5,7-8,13H,1-3,6H2. The van der Waals surface area contributed by atoms with Crippen LogP contribution in [0.15, 0.2) is 16.6 Å². The summed E-state index contributed by atoms with van der Waals surface area (Å²) in [7, 11) is 0. The molecule has 4 heteroatoms. The first-order valence-electron chi connectivity index (χ1n) is 6.24. The Kier molecular flexibility index (Phi) is 3.00. The lowest BCUT2D eigenvalue weighted by Crippen LogP contribution is -2.12. The van der Waals surface area contributed by atoms with E-state index in [4.69, 9.17) is 0 Å². The van der Waals surface area contributed by atoms with Gasteiger partial charge in [0.25, 0.3) is 0 Å². The minimum Gasteiger partial charge on any atom is -0.299 e. The van der Waals surface area contributed by atoms with Crippen molar-refractivity contribution in [1.82, 2.24) is 0 Å². The molecule has 2 unspecified atom stereocenters. The van der Waals surface area contributed by atoms with Gasteiger partial charge in [-0.05, 0) is 52.7 Å². The Morgan fingerprint density at radius 3 is 2.61 bits per heavy atom. The van der Waals surface area contributed by atoms with E-state index < -0.39 is 11.6 Å². The zero-order valence-electron chi connectivity index (χ0n) is 9.76. The predicted molar refractivity (Wildman–Crippen MR) is 67.1 cm³/mol. The highest BCUT2D eigenvalue weighted by Gasteiger charge is 2.55. The molecule has 0 amide bonds. The summed E-state index contributed by atoms with van der Waals surface area (Å²) < 4.78 is 27.5. The molecule has 0 bridgehead atoms. The molecule has 0 saturated heterocycles. The molecule has 2 atom stereocenters. The first-order valence-corrected chi connectivity index (χ1v) is 7.04. The summed E-state index contributed by atoms with van der Waals surface area (Å²) in [6, 6.07) is 2.52. The summed E-state index contributed by atoms with van der Waals surface area (Å²) in [6.07, 6.45) is 3.28. The molecule has 0 spiro atoms. The smallest absolute Gasteiger partial charge is 0.143 e. The van der Waals surface area contributed by atoms with Crippen LogP contribution >= 0.6 is 15.9 Å². The van der Waals surface area contributed by atoms with Crippen molar-refractivity contribution in [3.63, 3.8) is 0 Å². The van der Waals surface area contributed by atoms with Crippen molar-refractivity contribution in [2.24, 2.45) is 17.8 Å². The number of carbonyl (C=O) groups is 1. The number of hydrogen-bond acceptors (Lipinski definition) is 1. The van der Waals surface area contributed by atoms with Crippen LogP contribution in [0.2, 0.25) is 0 Å². The zero-order chi connectivity index (χ0) is 12.9. The fraction of sp³-hybridized carbons (Fsp3) is 0.500. The molecule has 96 valence electrons. The molecule has 18 heavy (non-hydrogen) atoms. The van der Waals surface area contributed by atoms with E-state index in [-0.39, 0.29) is 28.2 Å². The summed E-state index contributed by atoms with van der Waals surface area (Å²) in [4.78, 5) is 12.1. The molecule has 0 heterocycles. The third-order valence-electron chi connectivity index (χ3n) is 4.27. The lowest BCUT2D eigenvalue weighted by Gasteiger charge is -2.07. The van der Waals surface area contributed by atoms with Crippen LogP contribution in [0.5, 0.6) is 0 Å². The van der Waals surface area contributed by atoms with E-state index in [0.717, 1.165) is 12.8 Å². The van der Waals surface area contributed by atoms with Crippen molar-refractivity contribution >= 4 is 21.7 Å². The Morgan fingerprint density at radius 2 is 1.94 bits per heavy atom. The molecule has 2 fully saturated rings. The molecule has 2 aliphatic rings. The van der Waals surface area contributed by atoms with Crippen LogP contribution in [-0.2, 0) is 11.2 Å². The van der Waals surface area contributed by atoms with Gasteiger partial charge in [-0.1, -0.05) is 6.42 Å². The van der Waals surface area contributed by atoms with Crippen molar-refractivity contribution in [2.45, 2.75) is 25.7 Å². The minimum absolute atomic E-state index is 0.000556. The molecule has 1 aromatic carbocycles. The molecule has 1 aromatic rings. The summed E-state index contributed by atoms with van der Waals surface area (Å²) in [5.74, 6) is -0.215. The highest BCUT2D eigenvalue weighted by molar-refractivity contribution is 9.10. The second-order valence-corrected chi connectivity index (χ2v) is 6.10. The zero-order valence-corrected chi connectivity index (χ0v) is 11.3. The maximum Gasteiger partial charge on any atom is 0.143 e. The molecule has 1 nitrogen and oxygen atoms in total. The van der Waals surface area contributed by atoms with E-state index in [0.29, 0.717) is 11.8 Å². The van der Waals surface area contributed by atoms with Gasteiger partial charge >= 0.3 is 0 Å². The Hall–Kier alpha value is -0.770. The molecule has 2 saturated carbocycles. The maximum atomic E-state index is 13.8. The maximum absolute atomic E-state index is 13.8. The summed E-state index contributed by atoms with van der Waals surface area (Å²) in [5, 5.41) is 0. The van der Waals surface area contributed by atoms with Gasteiger partial charge in [0.05, 0.1) is 4.47 Å². The van der Waals surface area contributed by atoms with E-state index in [2.05, 4.69) is 15.9 Å². The third kappa shape index (κ3) is 1.91. The van der Waals surface area contributed by atoms with Crippen molar-refractivity contribution in [3.8, 4) is 0 Å². The average molecular weight is 315 g/mol. The SMILES string of the molecule is O=C(Cc1c(F)ccc(Br)c1F)C1C2CCCC21.